The number of hydrogen-bond donors (Lipinski definition) is 2. The minimum Gasteiger partial charge on any atom is -0.480 e. The molecule has 2 N–H and O–H groups in total. The van der Waals surface area contributed by atoms with E-state index in [0.29, 0.717) is 27.5 Å². The van der Waals surface area contributed by atoms with E-state index in [1.165, 1.54) is 0 Å². The average molecular weight is 518 g/mol. The number of carboxylic acid groups (broad SMARTS) is 1. The fourth-order valence-electron chi connectivity index (χ4n) is 3.92. The van der Waals surface area contributed by atoms with E-state index in [1.807, 2.05) is 0 Å². The lowest BCUT2D eigenvalue weighted by molar-refractivity contribution is -0.139. The second kappa shape index (κ2) is 9.98. The van der Waals surface area contributed by atoms with Gasteiger partial charge in [-0.1, -0.05) is 65.7 Å². The zero-order valence-electron chi connectivity index (χ0n) is 17.8. The van der Waals surface area contributed by atoms with E-state index in [-0.39, 0.29) is 16.5 Å². The maximum Gasteiger partial charge on any atom is 0.326 e. The van der Waals surface area contributed by atoms with Gasteiger partial charge in [-0.15, -0.1) is 0 Å². The van der Waals surface area contributed by atoms with Gasteiger partial charge in [0.05, 0.1) is 10.0 Å². The van der Waals surface area contributed by atoms with Gasteiger partial charge in [0.15, 0.2) is 0 Å². The van der Waals surface area contributed by atoms with Crippen LogP contribution in [0.3, 0.4) is 0 Å². The predicted octanol–water partition coefficient (Wildman–Crippen LogP) is 6.66. The quantitative estimate of drug-likeness (QED) is 0.300. The molecule has 0 spiro atoms. The molecule has 0 aliphatic heterocycles. The predicted molar refractivity (Wildman–Crippen MR) is 128 cm³/mol. The summed E-state index contributed by atoms with van der Waals surface area (Å²) in [7, 11) is 0. The Morgan fingerprint density at radius 1 is 0.857 bits per heavy atom. The first-order valence-electron chi connectivity index (χ1n) is 10.3. The lowest BCUT2D eigenvalue weighted by atomic mass is 9.92. The van der Waals surface area contributed by atoms with E-state index in [0.717, 1.165) is 30.3 Å². The van der Waals surface area contributed by atoms with Crippen molar-refractivity contribution < 1.29 is 27.9 Å². The summed E-state index contributed by atoms with van der Waals surface area (Å²) in [5, 5.41) is 13.4. The maximum absolute atomic E-state index is 14.0. The van der Waals surface area contributed by atoms with Crippen LogP contribution in [0.15, 0.2) is 66.7 Å². The van der Waals surface area contributed by atoms with Gasteiger partial charge >= 0.3 is 5.97 Å². The monoisotopic (exact) mass is 517 g/mol. The third-order valence-corrected chi connectivity index (χ3v) is 6.10. The highest BCUT2D eigenvalue weighted by molar-refractivity contribution is 6.39. The van der Waals surface area contributed by atoms with Crippen LogP contribution in [0.5, 0.6) is 0 Å². The van der Waals surface area contributed by atoms with Crippen molar-refractivity contribution in [3.63, 3.8) is 0 Å². The molecule has 0 aliphatic carbocycles. The molecule has 35 heavy (non-hydrogen) atoms. The van der Waals surface area contributed by atoms with Crippen LogP contribution >= 0.6 is 23.2 Å². The summed E-state index contributed by atoms with van der Waals surface area (Å²) >= 11 is 12.5. The van der Waals surface area contributed by atoms with E-state index >= 15 is 0 Å². The lowest BCUT2D eigenvalue weighted by Gasteiger charge is -2.18. The lowest BCUT2D eigenvalue weighted by Crippen LogP contribution is -2.43. The third kappa shape index (κ3) is 4.97. The number of carbonyl (C=O) groups excluding carboxylic acids is 1. The number of hydrogen-bond acceptors (Lipinski definition) is 2. The summed E-state index contributed by atoms with van der Waals surface area (Å²) in [5.41, 5.74) is 0.694. The van der Waals surface area contributed by atoms with E-state index < -0.39 is 40.9 Å². The van der Waals surface area contributed by atoms with Crippen molar-refractivity contribution in [2.45, 2.75) is 12.5 Å². The number of amides is 1. The van der Waals surface area contributed by atoms with Crippen LogP contribution in [0.4, 0.5) is 13.2 Å². The number of carbonyl (C=O) groups is 2. The molecule has 0 radical (unpaired) electrons. The Labute approximate surface area is 207 Å². The highest BCUT2D eigenvalue weighted by Crippen LogP contribution is 2.40. The van der Waals surface area contributed by atoms with Crippen molar-refractivity contribution in [1.29, 1.82) is 0 Å². The first-order chi connectivity index (χ1) is 16.7. The zero-order valence-corrected chi connectivity index (χ0v) is 19.3. The Kier molecular flexibility index (Phi) is 7.00. The maximum atomic E-state index is 14.0. The molecule has 0 aliphatic rings. The Bertz CT molecular complexity index is 1430. The average Bonchev–Trinajstić information content (AvgIpc) is 2.79. The Hall–Kier alpha value is -3.55. The summed E-state index contributed by atoms with van der Waals surface area (Å²) < 4.78 is 41.7. The van der Waals surface area contributed by atoms with Crippen molar-refractivity contribution in [3.8, 4) is 11.1 Å². The number of benzene rings is 4. The van der Waals surface area contributed by atoms with Crippen LogP contribution in [-0.2, 0) is 11.2 Å². The number of halogens is 5. The van der Waals surface area contributed by atoms with Crippen LogP contribution < -0.4 is 5.32 Å². The molecule has 0 saturated carbocycles. The molecule has 1 atom stereocenters. The second-order valence-electron chi connectivity index (χ2n) is 7.73. The van der Waals surface area contributed by atoms with Crippen LogP contribution in [0.25, 0.3) is 21.9 Å². The molecule has 9 heteroatoms. The fourth-order valence-corrected chi connectivity index (χ4v) is 4.59. The molecular weight excluding hydrogens is 502 g/mol. The van der Waals surface area contributed by atoms with Gasteiger partial charge in [0, 0.05) is 12.0 Å². The van der Waals surface area contributed by atoms with Crippen molar-refractivity contribution in [3.05, 3.63) is 105 Å². The van der Waals surface area contributed by atoms with Gasteiger partial charge in [0.1, 0.15) is 29.1 Å². The Balaban J connectivity index is 1.73. The normalized spacial score (nSPS) is 11.9. The molecule has 0 fully saturated rings. The molecule has 0 heterocycles. The van der Waals surface area contributed by atoms with Crippen molar-refractivity contribution in [1.82, 2.24) is 5.32 Å². The first-order valence-corrected chi connectivity index (χ1v) is 11.1. The molecule has 1 amide bonds. The number of aliphatic carboxylic acids is 1. The van der Waals surface area contributed by atoms with Crippen LogP contribution in [0.1, 0.15) is 15.9 Å². The first kappa shape index (κ1) is 24.6. The smallest absolute Gasteiger partial charge is 0.326 e. The molecule has 4 aromatic rings. The van der Waals surface area contributed by atoms with Gasteiger partial charge in [-0.2, -0.15) is 0 Å². The van der Waals surface area contributed by atoms with Gasteiger partial charge in [-0.25, -0.2) is 18.0 Å². The second-order valence-corrected chi connectivity index (χ2v) is 8.54. The van der Waals surface area contributed by atoms with Crippen molar-refractivity contribution in [2.75, 3.05) is 0 Å². The van der Waals surface area contributed by atoms with Gasteiger partial charge in [-0.3, -0.25) is 4.79 Å². The summed E-state index contributed by atoms with van der Waals surface area (Å²) in [5.74, 6) is -5.35. The van der Waals surface area contributed by atoms with Crippen LogP contribution in [0.2, 0.25) is 10.0 Å². The van der Waals surface area contributed by atoms with Gasteiger partial charge < -0.3 is 10.4 Å². The summed E-state index contributed by atoms with van der Waals surface area (Å²) in [6.07, 6.45) is -0.178. The molecule has 4 rings (SSSR count). The third-order valence-electron chi connectivity index (χ3n) is 5.51. The van der Waals surface area contributed by atoms with E-state index in [4.69, 9.17) is 23.2 Å². The van der Waals surface area contributed by atoms with Gasteiger partial charge in [0.25, 0.3) is 5.91 Å². The largest absolute Gasteiger partial charge is 0.480 e. The molecular formula is C26H16Cl2F3NO3. The van der Waals surface area contributed by atoms with E-state index in [9.17, 15) is 27.9 Å². The minimum absolute atomic E-state index is 0.107. The van der Waals surface area contributed by atoms with E-state index in [1.54, 1.807) is 36.4 Å². The molecule has 0 bridgehead atoms. The standard InChI is InChI=1S/C26H16Cl2F3NO3/c27-18-11-14(29)12-19(28)23(18)17-9-8-13(15-4-1-2-5-16(15)17)10-22(26(34)35)32-25(33)24-20(30)6-3-7-21(24)31/h1-9,11-12,22H,10H2,(H,32,33)(H,34,35)/t22-/m0/s1. The number of carboxylic acids is 1. The zero-order chi connectivity index (χ0) is 25.3. The molecule has 4 aromatic carbocycles. The minimum atomic E-state index is -1.48. The topological polar surface area (TPSA) is 66.4 Å². The SMILES string of the molecule is O=C(N[C@@H](Cc1ccc(-c2c(Cl)cc(F)cc2Cl)c2ccccc12)C(=O)O)c1c(F)cccc1F. The Morgan fingerprint density at radius 3 is 2.06 bits per heavy atom. The van der Waals surface area contributed by atoms with Crippen molar-refractivity contribution >= 4 is 45.9 Å². The molecule has 0 unspecified atom stereocenters. The van der Waals surface area contributed by atoms with Gasteiger partial charge in [0.2, 0.25) is 0 Å². The summed E-state index contributed by atoms with van der Waals surface area (Å²) in [6, 6.07) is 14.1. The molecule has 0 aromatic heterocycles. The Morgan fingerprint density at radius 2 is 1.46 bits per heavy atom. The van der Waals surface area contributed by atoms with Crippen LogP contribution in [-0.4, -0.2) is 23.0 Å². The highest BCUT2D eigenvalue weighted by atomic mass is 35.5. The summed E-state index contributed by atoms with van der Waals surface area (Å²) in [4.78, 5) is 24.4. The molecule has 4 nitrogen and oxygen atoms in total. The number of fused-ring (bicyclic) bond motifs is 1. The fraction of sp³-hybridized carbons (Fsp3) is 0.0769. The molecule has 0 saturated heterocycles. The highest BCUT2D eigenvalue weighted by Gasteiger charge is 2.26. The summed E-state index contributed by atoms with van der Waals surface area (Å²) in [6.45, 7) is 0. The molecule has 178 valence electrons. The number of nitrogens with one attached hydrogen (secondary N) is 1. The van der Waals surface area contributed by atoms with Crippen molar-refractivity contribution in [2.24, 2.45) is 0 Å². The van der Waals surface area contributed by atoms with Crippen LogP contribution in [0, 0.1) is 17.5 Å². The number of rotatable bonds is 6. The van der Waals surface area contributed by atoms with Gasteiger partial charge in [-0.05, 0) is 46.2 Å². The van der Waals surface area contributed by atoms with E-state index in [2.05, 4.69) is 5.32 Å².